The average molecular weight is 1150 g/mol. The van der Waals surface area contributed by atoms with Crippen molar-refractivity contribution in [3.63, 3.8) is 0 Å². The molecule has 414 valence electrons. The van der Waals surface area contributed by atoms with E-state index >= 15 is 0 Å². The molecule has 4 aromatic rings. The van der Waals surface area contributed by atoms with Gasteiger partial charge in [0.1, 0.15) is 0 Å². The fourth-order valence-corrected chi connectivity index (χ4v) is 3.71. The predicted octanol–water partition coefficient (Wildman–Crippen LogP) is -5.72. The van der Waals surface area contributed by atoms with Crippen LogP contribution in [0.1, 0.15) is 50.2 Å². The first-order valence-corrected chi connectivity index (χ1v) is 19.3. The number of nitrogens with zero attached hydrogens (tertiary/aromatic N) is 4. The quantitative estimate of drug-likeness (QED) is 0.0862. The van der Waals surface area contributed by atoms with Gasteiger partial charge in [0.15, 0.2) is 0 Å². The van der Waals surface area contributed by atoms with Crippen LogP contribution in [0.2, 0.25) is 0 Å². The van der Waals surface area contributed by atoms with Crippen molar-refractivity contribution in [2.24, 2.45) is 0 Å². The van der Waals surface area contributed by atoms with Crippen LogP contribution < -0.4 is 40.9 Å². The Morgan fingerprint density at radius 2 is 0.620 bits per heavy atom. The number of aliphatic carboxylic acids is 4. The van der Waals surface area contributed by atoms with Gasteiger partial charge in [-0.15, -0.1) is 11.5 Å². The third kappa shape index (κ3) is 99.5. The normalized spacial score (nSPS) is 7.55. The molecule has 0 aliphatic carbocycles. The van der Waals surface area contributed by atoms with Gasteiger partial charge < -0.3 is 100 Å². The molecular weight excluding hydrogens is 1070 g/mol. The molecular formula is C46H76Co3N4O18+. The molecule has 0 radical (unpaired) electrons. The van der Waals surface area contributed by atoms with Crippen molar-refractivity contribution >= 4 is 23.9 Å². The molecule has 0 saturated heterocycles. The van der Waals surface area contributed by atoms with E-state index in [1.54, 1.807) is 24.3 Å². The number of pyridine rings is 2. The Kier molecular flexibility index (Phi) is 124. The second kappa shape index (κ2) is 88.3. The van der Waals surface area contributed by atoms with Gasteiger partial charge in [0, 0.05) is 129 Å². The van der Waals surface area contributed by atoms with E-state index in [1.165, 1.54) is 0 Å². The number of carbonyl (C=O) groups is 4. The maximum Gasteiger partial charge on any atom is 3.00 e. The fraction of sp³-hybridized carbons (Fsp3) is 0.435. The van der Waals surface area contributed by atoms with Gasteiger partial charge in [-0.1, -0.05) is 60.7 Å². The zero-order chi connectivity index (χ0) is 55.9. The Morgan fingerprint density at radius 3 is 0.803 bits per heavy atom. The van der Waals surface area contributed by atoms with Gasteiger partial charge in [0.2, 0.25) is 0 Å². The summed E-state index contributed by atoms with van der Waals surface area (Å²) in [6.07, 6.45) is 5.42. The number of carbonyl (C=O) groups excluding carboxylic acids is 4. The molecule has 0 amide bonds. The number of likely N-dealkylation sites (N-methyl/N-ethyl adjacent to an activating group) is 2. The summed E-state index contributed by atoms with van der Waals surface area (Å²) >= 11 is 0. The summed E-state index contributed by atoms with van der Waals surface area (Å²) in [5, 5.41) is 117. The summed E-state index contributed by atoms with van der Waals surface area (Å²) in [4.78, 5) is 48.4. The van der Waals surface area contributed by atoms with E-state index < -0.39 is 23.9 Å². The molecule has 6 N–H and O–H groups in total. The van der Waals surface area contributed by atoms with Crippen molar-refractivity contribution in [3.8, 4) is 11.5 Å². The number of hydrogen-bond acceptors (Lipinski definition) is 22. The molecule has 71 heavy (non-hydrogen) atoms. The SMILES string of the molecule is CC(=O)[O-].CC(=O)[O-].CC(=O)[O-].CC(=O)[O-].CN(CCc1ccccn1)Cc1ccccc1[O-].CN(CCc1ccccn1)Cc1ccccc1[O-].CO.CO.CO.CO.CO.CO.C[O-].C[O-].[Co+3].[Co+3].[Co+3]. The summed E-state index contributed by atoms with van der Waals surface area (Å²) in [6.45, 7) is 7.05. The van der Waals surface area contributed by atoms with Crippen LogP contribution in [0.5, 0.6) is 11.5 Å². The van der Waals surface area contributed by atoms with E-state index in [2.05, 4.69) is 19.8 Å². The molecule has 0 bridgehead atoms. The predicted molar refractivity (Wildman–Crippen MR) is 244 cm³/mol. The number of benzene rings is 2. The van der Waals surface area contributed by atoms with Crippen LogP contribution >= 0.6 is 0 Å². The number of hydrogen-bond donors (Lipinski definition) is 6. The Bertz CT molecular complexity index is 1440. The van der Waals surface area contributed by atoms with E-state index in [0.29, 0.717) is 13.1 Å². The molecule has 0 atom stereocenters. The number of aliphatic hydroxyl groups excluding tert-OH is 6. The van der Waals surface area contributed by atoms with Gasteiger partial charge in [-0.2, -0.15) is 14.2 Å². The summed E-state index contributed by atoms with van der Waals surface area (Å²) in [5.41, 5.74) is 3.86. The van der Waals surface area contributed by atoms with E-state index in [9.17, 15) is 10.2 Å². The van der Waals surface area contributed by atoms with Crippen molar-refractivity contribution in [1.29, 1.82) is 0 Å². The first kappa shape index (κ1) is 99.5. The third-order valence-electron chi connectivity index (χ3n) is 5.78. The molecule has 0 saturated carbocycles. The molecule has 0 aliphatic heterocycles. The van der Waals surface area contributed by atoms with E-state index in [4.69, 9.17) is 80.5 Å². The first-order chi connectivity index (χ1) is 32.4. The van der Waals surface area contributed by atoms with E-state index in [-0.39, 0.29) is 61.8 Å². The van der Waals surface area contributed by atoms with E-state index in [0.717, 1.165) is 133 Å². The molecule has 25 heteroatoms. The average Bonchev–Trinajstić information content (AvgIpc) is 3.34. The molecule has 22 nitrogen and oxygen atoms in total. The minimum absolute atomic E-state index is 0. The summed E-state index contributed by atoms with van der Waals surface area (Å²) < 4.78 is 0. The number of aromatic nitrogens is 2. The van der Waals surface area contributed by atoms with E-state index in [1.807, 2.05) is 87.2 Å². The van der Waals surface area contributed by atoms with Crippen molar-refractivity contribution in [1.82, 2.24) is 19.8 Å². The Morgan fingerprint density at radius 1 is 0.423 bits per heavy atom. The molecule has 0 unspecified atom stereocenters. The molecule has 2 heterocycles. The largest absolute Gasteiger partial charge is 3.00 e. The van der Waals surface area contributed by atoms with Gasteiger partial charge in [-0.25, -0.2) is 0 Å². The van der Waals surface area contributed by atoms with Crippen LogP contribution in [-0.4, -0.2) is 158 Å². The number of carboxylic acids is 4. The van der Waals surface area contributed by atoms with Crippen LogP contribution in [0, 0.1) is 0 Å². The first-order valence-electron chi connectivity index (χ1n) is 19.3. The zero-order valence-corrected chi connectivity index (χ0v) is 46.0. The van der Waals surface area contributed by atoms with Crippen LogP contribution in [0.4, 0.5) is 0 Å². The maximum absolute atomic E-state index is 11.6. The van der Waals surface area contributed by atoms with Crippen LogP contribution in [-0.2, 0) is 95.4 Å². The van der Waals surface area contributed by atoms with Crippen LogP contribution in [0.15, 0.2) is 97.3 Å². The number of aliphatic hydroxyl groups is 6. The van der Waals surface area contributed by atoms with Gasteiger partial charge in [0.05, 0.1) is 0 Å². The van der Waals surface area contributed by atoms with Crippen LogP contribution in [0.25, 0.3) is 0 Å². The van der Waals surface area contributed by atoms with Crippen LogP contribution in [0.3, 0.4) is 0 Å². The Labute approximate surface area is 451 Å². The summed E-state index contributed by atoms with van der Waals surface area (Å²) in [6, 6.07) is 26.2. The second-order valence-corrected chi connectivity index (χ2v) is 10.8. The van der Waals surface area contributed by atoms with Crippen molar-refractivity contribution < 1.29 is 141 Å². The number of para-hydroxylation sites is 2. The fourth-order valence-electron chi connectivity index (χ4n) is 3.71. The van der Waals surface area contributed by atoms with Gasteiger partial charge >= 0.3 is 50.3 Å². The van der Waals surface area contributed by atoms with Gasteiger partial charge in [0.25, 0.3) is 0 Å². The Balaban J connectivity index is -0.0000000534. The van der Waals surface area contributed by atoms with Gasteiger partial charge in [-0.3, -0.25) is 9.97 Å². The van der Waals surface area contributed by atoms with Crippen molar-refractivity contribution in [2.75, 3.05) is 84.1 Å². The molecule has 4 rings (SSSR count). The molecule has 0 spiro atoms. The zero-order valence-electron chi connectivity index (χ0n) is 42.9. The van der Waals surface area contributed by atoms with Crippen molar-refractivity contribution in [2.45, 2.75) is 53.6 Å². The summed E-state index contributed by atoms with van der Waals surface area (Å²) in [7, 11) is 11.5. The molecule has 0 fully saturated rings. The standard InChI is InChI=1S/2C15H18N2O.4C2H4O2.6CH4O.2CH3O.3Co/c2*1-17(11-9-14-7-4-5-10-16-14)12-13-6-2-3-8-15(13)18;4*1-2(3)4;8*1-2;;;/h2*2-8,10,18H,9,11-12H2,1H3;4*1H3,(H,3,4);6*2H,1H3;2*1H3;;;/q;;;;;;;;;;;;2*-1;3*+3/p-6. The molecule has 2 aromatic heterocycles. The number of carboxylic acid groups (broad SMARTS) is 4. The third-order valence-corrected chi connectivity index (χ3v) is 5.78. The minimum atomic E-state index is -1.08. The second-order valence-electron chi connectivity index (χ2n) is 10.8. The maximum atomic E-state index is 11.6. The monoisotopic (exact) mass is 1150 g/mol. The number of rotatable bonds is 10. The Hall–Kier alpha value is -4.66. The molecule has 2 aromatic carbocycles. The smallest absolute Gasteiger partial charge is 0.872 e. The summed E-state index contributed by atoms with van der Waals surface area (Å²) in [5.74, 6) is -4.11. The molecule has 0 aliphatic rings. The minimum Gasteiger partial charge on any atom is -0.872 e. The van der Waals surface area contributed by atoms with Gasteiger partial charge in [-0.05, 0) is 77.2 Å². The topological polar surface area (TPSA) is 406 Å². The van der Waals surface area contributed by atoms with Crippen molar-refractivity contribution in [3.05, 3.63) is 120 Å².